The quantitative estimate of drug-likeness (QED) is 0.634. The van der Waals surface area contributed by atoms with Crippen molar-refractivity contribution in [2.45, 2.75) is 13.0 Å². The Balaban J connectivity index is 2.67. The Morgan fingerprint density at radius 2 is 2.22 bits per heavy atom. The maximum Gasteiger partial charge on any atom is 0.304 e. The van der Waals surface area contributed by atoms with E-state index < -0.39 is 10.9 Å². The van der Waals surface area contributed by atoms with E-state index in [1.165, 1.54) is 12.1 Å². The van der Waals surface area contributed by atoms with Gasteiger partial charge in [0.1, 0.15) is 0 Å². The van der Waals surface area contributed by atoms with Crippen LogP contribution in [0.5, 0.6) is 0 Å². The van der Waals surface area contributed by atoms with E-state index in [2.05, 4.69) is 0 Å². The summed E-state index contributed by atoms with van der Waals surface area (Å²) in [5.74, 6) is -0.864. The molecule has 0 bridgehead atoms. The number of rotatable bonds is 6. The first-order valence-corrected chi connectivity index (χ1v) is 5.61. The Bertz CT molecular complexity index is 464. The van der Waals surface area contributed by atoms with Crippen LogP contribution in [0.4, 0.5) is 5.69 Å². The lowest BCUT2D eigenvalue weighted by Crippen LogP contribution is -2.21. The predicted molar refractivity (Wildman–Crippen MR) is 66.7 cm³/mol. The van der Waals surface area contributed by atoms with Gasteiger partial charge in [-0.1, -0.05) is 11.6 Å². The third-order valence-corrected chi connectivity index (χ3v) is 2.75. The van der Waals surface area contributed by atoms with Gasteiger partial charge in [0.25, 0.3) is 5.69 Å². The largest absolute Gasteiger partial charge is 0.481 e. The van der Waals surface area contributed by atoms with Gasteiger partial charge in [0.2, 0.25) is 0 Å². The average molecular weight is 273 g/mol. The number of carboxylic acids is 1. The molecule has 7 heteroatoms. The molecule has 0 aliphatic carbocycles. The van der Waals surface area contributed by atoms with E-state index in [-0.39, 0.29) is 12.1 Å². The second-order valence-electron chi connectivity index (χ2n) is 3.91. The summed E-state index contributed by atoms with van der Waals surface area (Å²) in [6, 6.07) is 4.26. The summed E-state index contributed by atoms with van der Waals surface area (Å²) in [6.07, 6.45) is 0.0428. The van der Waals surface area contributed by atoms with Crippen LogP contribution in [0.2, 0.25) is 5.02 Å². The van der Waals surface area contributed by atoms with Gasteiger partial charge in [0.15, 0.2) is 0 Å². The molecule has 1 rings (SSSR count). The van der Waals surface area contributed by atoms with Crippen molar-refractivity contribution in [2.75, 3.05) is 13.6 Å². The van der Waals surface area contributed by atoms with Gasteiger partial charge in [-0.3, -0.25) is 14.9 Å². The standard InChI is InChI=1S/C11H13ClN2O4/c1-13(5-4-11(15)16)7-8-2-3-9(14(17)18)6-10(8)12/h2-3,6H,4-5,7H2,1H3,(H,15,16). The first kappa shape index (κ1) is 14.4. The molecule has 98 valence electrons. The van der Waals surface area contributed by atoms with Gasteiger partial charge in [-0.05, 0) is 18.7 Å². The highest BCUT2D eigenvalue weighted by Crippen LogP contribution is 2.23. The van der Waals surface area contributed by atoms with Crippen molar-refractivity contribution in [1.82, 2.24) is 4.90 Å². The van der Waals surface area contributed by atoms with Crippen molar-refractivity contribution in [3.8, 4) is 0 Å². The maximum atomic E-state index is 10.5. The van der Waals surface area contributed by atoms with Crippen molar-refractivity contribution < 1.29 is 14.8 Å². The smallest absolute Gasteiger partial charge is 0.304 e. The summed E-state index contributed by atoms with van der Waals surface area (Å²) in [5, 5.41) is 19.4. The molecule has 0 heterocycles. The van der Waals surface area contributed by atoms with E-state index >= 15 is 0 Å². The lowest BCUT2D eigenvalue weighted by atomic mass is 10.2. The fourth-order valence-corrected chi connectivity index (χ4v) is 1.67. The number of hydrogen-bond donors (Lipinski definition) is 1. The van der Waals surface area contributed by atoms with Crippen molar-refractivity contribution in [1.29, 1.82) is 0 Å². The highest BCUT2D eigenvalue weighted by Gasteiger charge is 2.11. The molecule has 1 aromatic carbocycles. The van der Waals surface area contributed by atoms with Gasteiger partial charge in [-0.15, -0.1) is 0 Å². The fraction of sp³-hybridized carbons (Fsp3) is 0.364. The van der Waals surface area contributed by atoms with Gasteiger partial charge in [0, 0.05) is 25.2 Å². The minimum absolute atomic E-state index is 0.0428. The molecule has 1 N–H and O–H groups in total. The normalized spacial score (nSPS) is 10.6. The molecule has 0 aliphatic rings. The zero-order valence-electron chi connectivity index (χ0n) is 9.80. The van der Waals surface area contributed by atoms with Crippen LogP contribution >= 0.6 is 11.6 Å². The molecule has 0 fully saturated rings. The molecule has 0 saturated carbocycles. The third kappa shape index (κ3) is 4.31. The molecule has 0 aliphatic heterocycles. The number of carboxylic acid groups (broad SMARTS) is 1. The molecular formula is C11H13ClN2O4. The molecule has 0 aromatic heterocycles. The Morgan fingerprint density at radius 1 is 1.56 bits per heavy atom. The summed E-state index contributed by atoms with van der Waals surface area (Å²) < 4.78 is 0. The minimum Gasteiger partial charge on any atom is -0.481 e. The summed E-state index contributed by atoms with van der Waals surface area (Å²) in [4.78, 5) is 22.2. The Labute approximate surface area is 109 Å². The Kier molecular flexibility index (Phi) is 5.06. The molecule has 0 saturated heterocycles. The van der Waals surface area contributed by atoms with Crippen LogP contribution in [0, 0.1) is 10.1 Å². The van der Waals surface area contributed by atoms with Gasteiger partial charge < -0.3 is 10.0 Å². The Morgan fingerprint density at radius 3 is 2.72 bits per heavy atom. The highest BCUT2D eigenvalue weighted by atomic mass is 35.5. The second-order valence-corrected chi connectivity index (χ2v) is 4.32. The van der Waals surface area contributed by atoms with Crippen molar-refractivity contribution >= 4 is 23.3 Å². The van der Waals surface area contributed by atoms with E-state index in [0.29, 0.717) is 18.1 Å². The number of carbonyl (C=O) groups is 1. The van der Waals surface area contributed by atoms with Gasteiger partial charge in [-0.2, -0.15) is 0 Å². The number of benzene rings is 1. The number of hydrogen-bond acceptors (Lipinski definition) is 4. The van der Waals surface area contributed by atoms with E-state index in [1.54, 1.807) is 18.0 Å². The number of non-ortho nitro benzene ring substituents is 1. The first-order valence-electron chi connectivity index (χ1n) is 5.23. The summed E-state index contributed by atoms with van der Waals surface area (Å²) >= 11 is 5.93. The number of halogens is 1. The summed E-state index contributed by atoms with van der Waals surface area (Å²) in [7, 11) is 1.76. The van der Waals surface area contributed by atoms with E-state index in [0.717, 1.165) is 5.56 Å². The lowest BCUT2D eigenvalue weighted by molar-refractivity contribution is -0.384. The number of nitrogens with zero attached hydrogens (tertiary/aromatic N) is 2. The van der Waals surface area contributed by atoms with Crippen LogP contribution in [0.25, 0.3) is 0 Å². The number of nitro groups is 1. The van der Waals surface area contributed by atoms with Crippen LogP contribution in [-0.4, -0.2) is 34.5 Å². The maximum absolute atomic E-state index is 10.5. The van der Waals surface area contributed by atoms with Gasteiger partial charge >= 0.3 is 5.97 Å². The molecule has 0 atom stereocenters. The molecule has 0 unspecified atom stereocenters. The SMILES string of the molecule is CN(CCC(=O)O)Cc1ccc([N+](=O)[O-])cc1Cl. The molecule has 0 radical (unpaired) electrons. The molecule has 18 heavy (non-hydrogen) atoms. The molecule has 0 spiro atoms. The van der Waals surface area contributed by atoms with Gasteiger partial charge in [-0.25, -0.2) is 0 Å². The van der Waals surface area contributed by atoms with Crippen LogP contribution in [-0.2, 0) is 11.3 Å². The van der Waals surface area contributed by atoms with E-state index in [4.69, 9.17) is 16.7 Å². The van der Waals surface area contributed by atoms with E-state index in [9.17, 15) is 14.9 Å². The zero-order chi connectivity index (χ0) is 13.7. The van der Waals surface area contributed by atoms with Crippen molar-refractivity contribution in [3.05, 3.63) is 38.9 Å². The zero-order valence-corrected chi connectivity index (χ0v) is 10.6. The topological polar surface area (TPSA) is 83.7 Å². The monoisotopic (exact) mass is 272 g/mol. The second kappa shape index (κ2) is 6.32. The van der Waals surface area contributed by atoms with Gasteiger partial charge in [0.05, 0.1) is 16.4 Å². The average Bonchev–Trinajstić information content (AvgIpc) is 2.29. The summed E-state index contributed by atoms with van der Waals surface area (Å²) in [6.45, 7) is 0.840. The van der Waals surface area contributed by atoms with Crippen LogP contribution < -0.4 is 0 Å². The number of aliphatic carboxylic acids is 1. The van der Waals surface area contributed by atoms with Crippen LogP contribution in [0.3, 0.4) is 0 Å². The third-order valence-electron chi connectivity index (χ3n) is 2.40. The van der Waals surface area contributed by atoms with Crippen LogP contribution in [0.15, 0.2) is 18.2 Å². The van der Waals surface area contributed by atoms with Crippen LogP contribution in [0.1, 0.15) is 12.0 Å². The Hall–Kier alpha value is -1.66. The van der Waals surface area contributed by atoms with Crippen molar-refractivity contribution in [3.63, 3.8) is 0 Å². The fourth-order valence-electron chi connectivity index (χ4n) is 1.43. The van der Waals surface area contributed by atoms with E-state index in [1.807, 2.05) is 0 Å². The highest BCUT2D eigenvalue weighted by molar-refractivity contribution is 6.31. The minimum atomic E-state index is -0.864. The molecule has 6 nitrogen and oxygen atoms in total. The molecular weight excluding hydrogens is 260 g/mol. The molecule has 1 aromatic rings. The summed E-state index contributed by atoms with van der Waals surface area (Å²) in [5.41, 5.74) is 0.673. The lowest BCUT2D eigenvalue weighted by Gasteiger charge is -2.16. The number of nitro benzene ring substituents is 1. The first-order chi connectivity index (χ1) is 8.40. The predicted octanol–water partition coefficient (Wildman–Crippen LogP) is 2.15. The van der Waals surface area contributed by atoms with Crippen molar-refractivity contribution in [2.24, 2.45) is 0 Å². The molecule has 0 amide bonds.